The quantitative estimate of drug-likeness (QED) is 0.724. The zero-order valence-corrected chi connectivity index (χ0v) is 10.1. The van der Waals surface area contributed by atoms with Crippen LogP contribution in [0.1, 0.15) is 12.8 Å². The van der Waals surface area contributed by atoms with E-state index in [1.165, 1.54) is 12.8 Å². The Hall–Kier alpha value is -1.52. The maximum absolute atomic E-state index is 11.8. The molecule has 94 valence electrons. The van der Waals surface area contributed by atoms with Crippen LogP contribution in [0.3, 0.4) is 0 Å². The number of nitrogens with one attached hydrogen (secondary N) is 1. The van der Waals surface area contributed by atoms with Gasteiger partial charge in [-0.15, -0.1) is 0 Å². The van der Waals surface area contributed by atoms with E-state index in [0.29, 0.717) is 17.5 Å². The van der Waals surface area contributed by atoms with E-state index in [1.54, 1.807) is 6.07 Å². The number of fused-ring (bicyclic) bond motifs is 1. The molecule has 0 spiro atoms. The Morgan fingerprint density at radius 2 is 2.17 bits per heavy atom. The van der Waals surface area contributed by atoms with Gasteiger partial charge in [-0.2, -0.15) is 0 Å². The summed E-state index contributed by atoms with van der Waals surface area (Å²) in [4.78, 5) is 15.7. The molecule has 1 heterocycles. The van der Waals surface area contributed by atoms with E-state index in [1.807, 2.05) is 18.2 Å². The van der Waals surface area contributed by atoms with Gasteiger partial charge < -0.3 is 10.4 Å². The zero-order valence-electron chi connectivity index (χ0n) is 10.1. The van der Waals surface area contributed by atoms with Gasteiger partial charge in [0.05, 0.1) is 17.0 Å². The van der Waals surface area contributed by atoms with E-state index in [0.717, 1.165) is 17.7 Å². The number of rotatable bonds is 5. The summed E-state index contributed by atoms with van der Waals surface area (Å²) in [5.74, 6) is 0.454. The van der Waals surface area contributed by atoms with Crippen LogP contribution in [0.4, 0.5) is 0 Å². The first-order valence-electron chi connectivity index (χ1n) is 6.37. The molecule has 4 heteroatoms. The van der Waals surface area contributed by atoms with Gasteiger partial charge in [0, 0.05) is 11.8 Å². The van der Waals surface area contributed by atoms with Crippen molar-refractivity contribution in [3.8, 4) is 0 Å². The van der Waals surface area contributed by atoms with Crippen molar-refractivity contribution in [1.82, 2.24) is 5.32 Å². The molecule has 18 heavy (non-hydrogen) atoms. The summed E-state index contributed by atoms with van der Waals surface area (Å²) in [6.45, 7) is 1.35. The van der Waals surface area contributed by atoms with E-state index in [4.69, 9.17) is 0 Å². The highest BCUT2D eigenvalue weighted by Crippen LogP contribution is 2.27. The SMILES string of the molecule is O=C1N=c2ccccc2=C1C(O)CNCC1CC1. The number of carbonyl (C=O) groups excluding carboxylic acids is 1. The molecule has 1 aromatic carbocycles. The summed E-state index contributed by atoms with van der Waals surface area (Å²) in [5, 5.41) is 14.8. The second-order valence-corrected chi connectivity index (χ2v) is 4.97. The average molecular weight is 244 g/mol. The van der Waals surface area contributed by atoms with Crippen molar-refractivity contribution in [3.63, 3.8) is 0 Å². The molecular formula is C14H16N2O2. The summed E-state index contributed by atoms with van der Waals surface area (Å²) < 4.78 is 0. The zero-order chi connectivity index (χ0) is 12.5. The Bertz CT molecular complexity index is 590. The topological polar surface area (TPSA) is 61.7 Å². The van der Waals surface area contributed by atoms with Gasteiger partial charge in [0.25, 0.3) is 5.91 Å². The number of aliphatic hydroxyl groups excluding tert-OH is 1. The van der Waals surface area contributed by atoms with Crippen LogP contribution in [-0.2, 0) is 4.79 Å². The van der Waals surface area contributed by atoms with Crippen LogP contribution in [0.5, 0.6) is 0 Å². The second-order valence-electron chi connectivity index (χ2n) is 4.97. The average Bonchev–Trinajstić information content (AvgIpc) is 3.10. The fourth-order valence-corrected chi connectivity index (χ4v) is 2.25. The van der Waals surface area contributed by atoms with Crippen molar-refractivity contribution in [2.24, 2.45) is 10.9 Å². The first-order valence-corrected chi connectivity index (χ1v) is 6.37. The van der Waals surface area contributed by atoms with Gasteiger partial charge in [0.1, 0.15) is 0 Å². The minimum absolute atomic E-state index is 0.308. The van der Waals surface area contributed by atoms with Gasteiger partial charge in [-0.1, -0.05) is 18.2 Å². The van der Waals surface area contributed by atoms with Crippen molar-refractivity contribution in [3.05, 3.63) is 34.8 Å². The number of hydrogen-bond donors (Lipinski definition) is 2. The van der Waals surface area contributed by atoms with E-state index >= 15 is 0 Å². The van der Waals surface area contributed by atoms with Crippen LogP contribution < -0.4 is 15.9 Å². The smallest absolute Gasteiger partial charge is 0.276 e. The molecule has 1 amide bonds. The van der Waals surface area contributed by atoms with Crippen molar-refractivity contribution in [1.29, 1.82) is 0 Å². The Morgan fingerprint density at radius 3 is 2.94 bits per heavy atom. The molecule has 0 aromatic heterocycles. The first-order chi connectivity index (χ1) is 8.75. The van der Waals surface area contributed by atoms with Gasteiger partial charge in [0.2, 0.25) is 0 Å². The predicted molar refractivity (Wildman–Crippen MR) is 67.2 cm³/mol. The lowest BCUT2D eigenvalue weighted by Crippen LogP contribution is -2.34. The molecule has 2 N–H and O–H groups in total. The summed E-state index contributed by atoms with van der Waals surface area (Å²) in [7, 11) is 0. The fourth-order valence-electron chi connectivity index (χ4n) is 2.25. The van der Waals surface area contributed by atoms with Crippen molar-refractivity contribution in [2.45, 2.75) is 18.9 Å². The van der Waals surface area contributed by atoms with Crippen LogP contribution >= 0.6 is 0 Å². The first kappa shape index (κ1) is 11.6. The molecule has 1 aliphatic heterocycles. The molecule has 2 aliphatic rings. The Labute approximate surface area is 105 Å². The monoisotopic (exact) mass is 244 g/mol. The van der Waals surface area contributed by atoms with Crippen LogP contribution in [0.15, 0.2) is 29.3 Å². The van der Waals surface area contributed by atoms with Gasteiger partial charge in [-0.05, 0) is 31.4 Å². The number of benzene rings is 1. The summed E-state index contributed by atoms with van der Waals surface area (Å²) in [6.07, 6.45) is 1.77. The summed E-state index contributed by atoms with van der Waals surface area (Å²) in [5.41, 5.74) is 0.425. The van der Waals surface area contributed by atoms with Crippen LogP contribution in [0.2, 0.25) is 0 Å². The molecule has 1 atom stereocenters. The number of aliphatic hydroxyl groups is 1. The van der Waals surface area contributed by atoms with Crippen molar-refractivity contribution in [2.75, 3.05) is 13.1 Å². The largest absolute Gasteiger partial charge is 0.387 e. The van der Waals surface area contributed by atoms with Crippen LogP contribution in [0.25, 0.3) is 5.57 Å². The Morgan fingerprint density at radius 1 is 1.39 bits per heavy atom. The highest BCUT2D eigenvalue weighted by atomic mass is 16.3. The second kappa shape index (κ2) is 4.63. The standard InChI is InChI=1S/C14H16N2O2/c17-12(8-15-7-9-5-6-9)13-10-3-1-2-4-11(10)16-14(13)18/h1-4,9,12,15,17H,5-8H2. The summed E-state index contributed by atoms with van der Waals surface area (Å²) >= 11 is 0. The van der Waals surface area contributed by atoms with Gasteiger partial charge in [-0.25, -0.2) is 4.99 Å². The molecule has 1 aromatic rings. The fraction of sp³-hybridized carbons (Fsp3) is 0.429. The molecule has 1 unspecified atom stereocenters. The van der Waals surface area contributed by atoms with Crippen LogP contribution in [-0.4, -0.2) is 30.2 Å². The molecule has 1 saturated carbocycles. The maximum atomic E-state index is 11.8. The van der Waals surface area contributed by atoms with E-state index in [-0.39, 0.29) is 5.91 Å². The Kier molecular flexibility index (Phi) is 2.97. The lowest BCUT2D eigenvalue weighted by atomic mass is 10.1. The normalized spacial score (nSPS) is 19.6. The number of hydrogen-bond acceptors (Lipinski definition) is 3. The third kappa shape index (κ3) is 2.21. The Balaban J connectivity index is 1.78. The molecule has 0 bridgehead atoms. The molecule has 1 aliphatic carbocycles. The van der Waals surface area contributed by atoms with E-state index < -0.39 is 6.10 Å². The van der Waals surface area contributed by atoms with Gasteiger partial charge in [0.15, 0.2) is 0 Å². The molecule has 0 radical (unpaired) electrons. The highest BCUT2D eigenvalue weighted by molar-refractivity contribution is 6.16. The lowest BCUT2D eigenvalue weighted by Gasteiger charge is -2.11. The maximum Gasteiger partial charge on any atom is 0.276 e. The predicted octanol–water partition coefficient (Wildman–Crippen LogP) is -0.642. The number of carbonyl (C=O) groups is 1. The molecule has 3 rings (SSSR count). The minimum Gasteiger partial charge on any atom is -0.387 e. The van der Waals surface area contributed by atoms with Gasteiger partial charge >= 0.3 is 0 Å². The van der Waals surface area contributed by atoms with E-state index in [2.05, 4.69) is 10.3 Å². The number of amides is 1. The third-order valence-electron chi connectivity index (χ3n) is 3.45. The number of nitrogens with zero attached hydrogens (tertiary/aromatic N) is 1. The van der Waals surface area contributed by atoms with Crippen molar-refractivity contribution >= 4 is 11.5 Å². The molecule has 4 nitrogen and oxygen atoms in total. The highest BCUT2D eigenvalue weighted by Gasteiger charge is 2.25. The summed E-state index contributed by atoms with van der Waals surface area (Å²) in [6, 6.07) is 7.33. The van der Waals surface area contributed by atoms with Crippen LogP contribution in [0, 0.1) is 5.92 Å². The van der Waals surface area contributed by atoms with Crippen molar-refractivity contribution < 1.29 is 9.90 Å². The van der Waals surface area contributed by atoms with E-state index in [9.17, 15) is 9.90 Å². The third-order valence-corrected chi connectivity index (χ3v) is 3.45. The minimum atomic E-state index is -0.774. The van der Waals surface area contributed by atoms with Gasteiger partial charge in [-0.3, -0.25) is 4.79 Å². The molecular weight excluding hydrogens is 228 g/mol. The number of para-hydroxylation sites is 1. The molecule has 1 fully saturated rings. The molecule has 0 saturated heterocycles. The lowest BCUT2D eigenvalue weighted by molar-refractivity contribution is -0.113.